The topological polar surface area (TPSA) is 15.3 Å². The summed E-state index contributed by atoms with van der Waals surface area (Å²) in [7, 11) is 0. The normalized spacial score (nSPS) is 24.2. The number of nitrogens with zero attached hydrogens (tertiary/aromatic N) is 1. The van der Waals surface area contributed by atoms with Gasteiger partial charge in [-0.1, -0.05) is 45.0 Å². The number of piperazine rings is 1. The van der Waals surface area contributed by atoms with Gasteiger partial charge in [0, 0.05) is 31.7 Å². The molecule has 112 valence electrons. The molecule has 1 aromatic rings. The summed E-state index contributed by atoms with van der Waals surface area (Å²) in [4.78, 5) is 2.65. The van der Waals surface area contributed by atoms with E-state index < -0.39 is 0 Å². The van der Waals surface area contributed by atoms with Gasteiger partial charge in [0.05, 0.1) is 0 Å². The van der Waals surface area contributed by atoms with E-state index in [0.717, 1.165) is 25.4 Å². The Morgan fingerprint density at radius 2 is 1.95 bits per heavy atom. The van der Waals surface area contributed by atoms with Gasteiger partial charge in [0.1, 0.15) is 0 Å². The minimum absolute atomic E-state index is 0.628. The van der Waals surface area contributed by atoms with Crippen LogP contribution in [0, 0.1) is 5.92 Å². The van der Waals surface area contributed by atoms with E-state index in [9.17, 15) is 0 Å². The van der Waals surface area contributed by atoms with Crippen molar-refractivity contribution in [2.45, 2.75) is 59.2 Å². The molecule has 1 fully saturated rings. The molecule has 2 atom stereocenters. The molecular weight excluding hydrogens is 244 g/mol. The summed E-state index contributed by atoms with van der Waals surface area (Å²) in [5.41, 5.74) is 3.01. The summed E-state index contributed by atoms with van der Waals surface area (Å²) in [6.45, 7) is 12.6. The van der Waals surface area contributed by atoms with Gasteiger partial charge >= 0.3 is 0 Å². The Balaban J connectivity index is 2.02. The first-order valence-electron chi connectivity index (χ1n) is 8.14. The van der Waals surface area contributed by atoms with Gasteiger partial charge < -0.3 is 5.32 Å². The summed E-state index contributed by atoms with van der Waals surface area (Å²) in [5.74, 6) is 0.769. The highest BCUT2D eigenvalue weighted by Gasteiger charge is 2.25. The van der Waals surface area contributed by atoms with Crippen LogP contribution >= 0.6 is 0 Å². The largest absolute Gasteiger partial charge is 0.311 e. The molecule has 1 aliphatic rings. The van der Waals surface area contributed by atoms with Crippen molar-refractivity contribution in [3.8, 4) is 0 Å². The Morgan fingerprint density at radius 3 is 2.60 bits per heavy atom. The predicted octanol–water partition coefficient (Wildman–Crippen LogP) is 3.46. The molecule has 2 nitrogen and oxygen atoms in total. The van der Waals surface area contributed by atoms with Crippen molar-refractivity contribution in [3.63, 3.8) is 0 Å². The molecule has 1 aromatic carbocycles. The number of hydrogen-bond donors (Lipinski definition) is 1. The maximum absolute atomic E-state index is 3.70. The first-order valence-corrected chi connectivity index (χ1v) is 8.14. The van der Waals surface area contributed by atoms with E-state index in [1.165, 1.54) is 24.1 Å². The van der Waals surface area contributed by atoms with Crippen LogP contribution in [0.1, 0.15) is 45.2 Å². The lowest BCUT2D eigenvalue weighted by Crippen LogP contribution is -2.55. The Labute approximate surface area is 124 Å². The first kappa shape index (κ1) is 15.5. The number of aryl methyl sites for hydroxylation is 1. The lowest BCUT2D eigenvalue weighted by molar-refractivity contribution is 0.124. The zero-order valence-electron chi connectivity index (χ0n) is 13.5. The van der Waals surface area contributed by atoms with Gasteiger partial charge in [0.25, 0.3) is 0 Å². The second-order valence-corrected chi connectivity index (χ2v) is 6.64. The molecule has 0 aliphatic carbocycles. The molecule has 1 N–H and O–H groups in total. The van der Waals surface area contributed by atoms with Gasteiger partial charge in [-0.25, -0.2) is 0 Å². The number of benzene rings is 1. The van der Waals surface area contributed by atoms with Crippen LogP contribution in [-0.4, -0.2) is 30.1 Å². The summed E-state index contributed by atoms with van der Waals surface area (Å²) >= 11 is 0. The van der Waals surface area contributed by atoms with E-state index >= 15 is 0 Å². The van der Waals surface area contributed by atoms with Crippen molar-refractivity contribution in [2.24, 2.45) is 5.92 Å². The molecule has 0 amide bonds. The Kier molecular flexibility index (Phi) is 5.62. The summed E-state index contributed by atoms with van der Waals surface area (Å²) in [5, 5.41) is 3.70. The third-order valence-corrected chi connectivity index (χ3v) is 4.41. The average Bonchev–Trinajstić information content (AvgIpc) is 2.42. The van der Waals surface area contributed by atoms with Crippen LogP contribution in [0.2, 0.25) is 0 Å². The maximum atomic E-state index is 3.70. The minimum Gasteiger partial charge on any atom is -0.311 e. The number of rotatable bonds is 5. The molecular formula is C18H30N2. The predicted molar refractivity (Wildman–Crippen MR) is 86.9 cm³/mol. The maximum Gasteiger partial charge on any atom is 0.0240 e. The lowest BCUT2D eigenvalue weighted by Gasteiger charge is -2.39. The number of nitrogens with one attached hydrogen (secondary N) is 1. The van der Waals surface area contributed by atoms with E-state index in [1.54, 1.807) is 0 Å². The highest BCUT2D eigenvalue weighted by molar-refractivity contribution is 5.27. The standard InChI is InChI=1S/C18H30N2/c1-5-16-8-6-7-9-17(16)12-20-13-18(10-14(2)3)19-11-15(20)4/h6-9,14-15,18-19H,5,10-13H2,1-4H3. The van der Waals surface area contributed by atoms with E-state index in [1.807, 2.05) is 0 Å². The average molecular weight is 274 g/mol. The Hall–Kier alpha value is -0.860. The molecule has 1 saturated heterocycles. The lowest BCUT2D eigenvalue weighted by atomic mass is 9.98. The molecule has 2 heteroatoms. The van der Waals surface area contributed by atoms with Gasteiger partial charge in [-0.15, -0.1) is 0 Å². The quantitative estimate of drug-likeness (QED) is 0.884. The molecule has 0 aromatic heterocycles. The van der Waals surface area contributed by atoms with Crippen molar-refractivity contribution in [3.05, 3.63) is 35.4 Å². The molecule has 0 spiro atoms. The van der Waals surface area contributed by atoms with Crippen LogP contribution < -0.4 is 5.32 Å². The van der Waals surface area contributed by atoms with Crippen LogP contribution in [-0.2, 0) is 13.0 Å². The van der Waals surface area contributed by atoms with Crippen molar-refractivity contribution in [1.29, 1.82) is 0 Å². The van der Waals surface area contributed by atoms with Crippen LogP contribution in [0.15, 0.2) is 24.3 Å². The first-order chi connectivity index (χ1) is 9.60. The van der Waals surface area contributed by atoms with E-state index in [-0.39, 0.29) is 0 Å². The third-order valence-electron chi connectivity index (χ3n) is 4.41. The molecule has 2 rings (SSSR count). The summed E-state index contributed by atoms with van der Waals surface area (Å²) in [6.07, 6.45) is 2.41. The smallest absolute Gasteiger partial charge is 0.0240 e. The van der Waals surface area contributed by atoms with Gasteiger partial charge in [0.2, 0.25) is 0 Å². The minimum atomic E-state index is 0.628. The molecule has 2 unspecified atom stereocenters. The Morgan fingerprint density at radius 1 is 1.25 bits per heavy atom. The van der Waals surface area contributed by atoms with Gasteiger partial charge in [0.15, 0.2) is 0 Å². The van der Waals surface area contributed by atoms with E-state index in [0.29, 0.717) is 12.1 Å². The molecule has 0 saturated carbocycles. The zero-order valence-corrected chi connectivity index (χ0v) is 13.5. The van der Waals surface area contributed by atoms with Crippen molar-refractivity contribution in [1.82, 2.24) is 10.2 Å². The molecule has 0 bridgehead atoms. The third kappa shape index (κ3) is 4.07. The summed E-state index contributed by atoms with van der Waals surface area (Å²) < 4.78 is 0. The molecule has 20 heavy (non-hydrogen) atoms. The zero-order chi connectivity index (χ0) is 14.5. The number of hydrogen-bond acceptors (Lipinski definition) is 2. The van der Waals surface area contributed by atoms with Crippen molar-refractivity contribution < 1.29 is 0 Å². The Bertz CT molecular complexity index is 414. The van der Waals surface area contributed by atoms with Gasteiger partial charge in [-0.05, 0) is 36.8 Å². The molecule has 1 heterocycles. The highest BCUT2D eigenvalue weighted by atomic mass is 15.2. The second kappa shape index (κ2) is 7.24. The van der Waals surface area contributed by atoms with Crippen LogP contribution in [0.5, 0.6) is 0 Å². The SMILES string of the molecule is CCc1ccccc1CN1CC(CC(C)C)NCC1C. The fourth-order valence-corrected chi connectivity index (χ4v) is 3.22. The van der Waals surface area contributed by atoms with Crippen LogP contribution in [0.25, 0.3) is 0 Å². The van der Waals surface area contributed by atoms with E-state index in [4.69, 9.17) is 0 Å². The fraction of sp³-hybridized carbons (Fsp3) is 0.667. The fourth-order valence-electron chi connectivity index (χ4n) is 3.22. The van der Waals surface area contributed by atoms with E-state index in [2.05, 4.69) is 62.2 Å². The van der Waals surface area contributed by atoms with Crippen LogP contribution in [0.3, 0.4) is 0 Å². The van der Waals surface area contributed by atoms with Crippen LogP contribution in [0.4, 0.5) is 0 Å². The van der Waals surface area contributed by atoms with Gasteiger partial charge in [-0.2, -0.15) is 0 Å². The summed E-state index contributed by atoms with van der Waals surface area (Å²) in [6, 6.07) is 10.2. The monoisotopic (exact) mass is 274 g/mol. The second-order valence-electron chi connectivity index (χ2n) is 6.64. The highest BCUT2D eigenvalue weighted by Crippen LogP contribution is 2.18. The van der Waals surface area contributed by atoms with Crippen molar-refractivity contribution in [2.75, 3.05) is 13.1 Å². The van der Waals surface area contributed by atoms with Gasteiger partial charge in [-0.3, -0.25) is 4.90 Å². The molecule has 1 aliphatic heterocycles. The molecule has 0 radical (unpaired) electrons. The van der Waals surface area contributed by atoms with Crippen molar-refractivity contribution >= 4 is 0 Å².